The van der Waals surface area contributed by atoms with Crippen LogP contribution >= 0.6 is 0 Å². The Balaban J connectivity index is 2.71. The van der Waals surface area contributed by atoms with Gasteiger partial charge in [-0.15, -0.1) is 0 Å². The molecule has 108 valence electrons. The molecule has 0 aliphatic rings. The fraction of sp³-hybridized carbons (Fsp3) is 0.455. The molecule has 0 amide bonds. The van der Waals surface area contributed by atoms with Crippen LogP contribution in [-0.2, 0) is 19.9 Å². The minimum atomic E-state index is -3.63. The fourth-order valence-electron chi connectivity index (χ4n) is 1.59. The summed E-state index contributed by atoms with van der Waals surface area (Å²) in [5.74, 6) is -0.0454. The number of sulfone groups is 1. The van der Waals surface area contributed by atoms with Crippen molar-refractivity contribution in [2.75, 3.05) is 24.3 Å². The van der Waals surface area contributed by atoms with Crippen LogP contribution in [0.3, 0.4) is 0 Å². The molecule has 3 N–H and O–H groups in total. The summed E-state index contributed by atoms with van der Waals surface area (Å²) >= 11 is 0. The average Bonchev–Trinajstić information content (AvgIpc) is 2.22. The number of nitrogens with one attached hydrogen (secondary N) is 1. The zero-order valence-corrected chi connectivity index (χ0v) is 12.5. The second kappa shape index (κ2) is 5.89. The molecule has 1 aromatic rings. The molecule has 0 saturated heterocycles. The average molecular weight is 306 g/mol. The lowest BCUT2D eigenvalue weighted by Crippen LogP contribution is -2.26. The summed E-state index contributed by atoms with van der Waals surface area (Å²) < 4.78 is 48.2. The van der Waals surface area contributed by atoms with Gasteiger partial charge in [0.25, 0.3) is 0 Å². The van der Waals surface area contributed by atoms with E-state index in [9.17, 15) is 16.8 Å². The highest BCUT2D eigenvalue weighted by molar-refractivity contribution is 7.90. The van der Waals surface area contributed by atoms with Crippen molar-refractivity contribution in [2.24, 2.45) is 0 Å². The van der Waals surface area contributed by atoms with E-state index in [0.717, 1.165) is 6.26 Å². The number of rotatable bonds is 6. The van der Waals surface area contributed by atoms with Crippen LogP contribution in [0, 0.1) is 6.92 Å². The number of nitrogens with two attached hydrogens (primary N) is 1. The smallest absolute Gasteiger partial charge is 0.240 e. The highest BCUT2D eigenvalue weighted by Gasteiger charge is 2.16. The maximum Gasteiger partial charge on any atom is 0.240 e. The molecule has 19 heavy (non-hydrogen) atoms. The van der Waals surface area contributed by atoms with Crippen molar-refractivity contribution in [2.45, 2.75) is 18.2 Å². The Hall–Kier alpha value is -1.12. The van der Waals surface area contributed by atoms with E-state index in [-0.39, 0.29) is 23.6 Å². The van der Waals surface area contributed by atoms with Gasteiger partial charge in [0.1, 0.15) is 9.84 Å². The van der Waals surface area contributed by atoms with Gasteiger partial charge in [0.05, 0.1) is 10.6 Å². The van der Waals surface area contributed by atoms with Gasteiger partial charge in [-0.25, -0.2) is 21.6 Å². The van der Waals surface area contributed by atoms with E-state index in [2.05, 4.69) is 4.72 Å². The second-order valence-electron chi connectivity index (χ2n) is 4.41. The first-order chi connectivity index (χ1) is 8.62. The van der Waals surface area contributed by atoms with E-state index >= 15 is 0 Å². The van der Waals surface area contributed by atoms with Gasteiger partial charge in [0.2, 0.25) is 10.0 Å². The van der Waals surface area contributed by atoms with Crippen LogP contribution in [0.1, 0.15) is 12.0 Å². The maximum atomic E-state index is 12.0. The monoisotopic (exact) mass is 306 g/mol. The third kappa shape index (κ3) is 5.17. The van der Waals surface area contributed by atoms with E-state index in [1.165, 1.54) is 12.1 Å². The summed E-state index contributed by atoms with van der Waals surface area (Å²) in [5.41, 5.74) is 6.60. The van der Waals surface area contributed by atoms with Crippen LogP contribution in [0.15, 0.2) is 23.1 Å². The Kier molecular flexibility index (Phi) is 4.94. The quantitative estimate of drug-likeness (QED) is 0.580. The molecule has 0 aliphatic carbocycles. The van der Waals surface area contributed by atoms with Gasteiger partial charge in [0, 0.05) is 18.5 Å². The topological polar surface area (TPSA) is 106 Å². The van der Waals surface area contributed by atoms with E-state index in [4.69, 9.17) is 5.73 Å². The highest BCUT2D eigenvalue weighted by Crippen LogP contribution is 2.17. The minimum Gasteiger partial charge on any atom is -0.399 e. The molecule has 0 heterocycles. The van der Waals surface area contributed by atoms with Crippen LogP contribution in [0.5, 0.6) is 0 Å². The zero-order chi connectivity index (χ0) is 14.7. The second-order valence-corrected chi connectivity index (χ2v) is 8.40. The largest absolute Gasteiger partial charge is 0.399 e. The van der Waals surface area contributed by atoms with E-state index in [1.807, 2.05) is 0 Å². The lowest BCUT2D eigenvalue weighted by Gasteiger charge is -2.09. The van der Waals surface area contributed by atoms with Gasteiger partial charge >= 0.3 is 0 Å². The Morgan fingerprint density at radius 1 is 1.21 bits per heavy atom. The van der Waals surface area contributed by atoms with Crippen molar-refractivity contribution in [1.82, 2.24) is 4.72 Å². The molecule has 0 unspecified atom stereocenters. The lowest BCUT2D eigenvalue weighted by molar-refractivity contribution is 0.577. The molecule has 0 bridgehead atoms. The molecule has 0 atom stereocenters. The molecule has 0 spiro atoms. The summed E-state index contributed by atoms with van der Waals surface area (Å²) in [6.45, 7) is 1.74. The molecule has 0 saturated carbocycles. The van der Waals surface area contributed by atoms with Crippen LogP contribution in [0.2, 0.25) is 0 Å². The number of aryl methyl sites for hydroxylation is 1. The van der Waals surface area contributed by atoms with Crippen LogP contribution in [-0.4, -0.2) is 35.4 Å². The number of hydrogen-bond acceptors (Lipinski definition) is 5. The highest BCUT2D eigenvalue weighted by atomic mass is 32.2. The summed E-state index contributed by atoms with van der Waals surface area (Å²) in [7, 11) is -6.70. The third-order valence-electron chi connectivity index (χ3n) is 2.47. The molecular weight excluding hydrogens is 288 g/mol. The number of hydrogen-bond donors (Lipinski definition) is 2. The van der Waals surface area contributed by atoms with Crippen molar-refractivity contribution in [3.63, 3.8) is 0 Å². The fourth-order valence-corrected chi connectivity index (χ4v) is 3.56. The molecule has 0 fully saturated rings. The number of sulfonamides is 1. The van der Waals surface area contributed by atoms with Crippen molar-refractivity contribution in [3.05, 3.63) is 23.8 Å². The summed E-state index contributed by atoms with van der Waals surface area (Å²) in [6, 6.07) is 4.52. The molecule has 8 heteroatoms. The number of nitrogen functional groups attached to an aromatic ring is 1. The summed E-state index contributed by atoms with van der Waals surface area (Å²) in [6.07, 6.45) is 1.36. The predicted octanol–water partition coefficient (Wildman–Crippen LogP) is 0.290. The zero-order valence-electron chi connectivity index (χ0n) is 10.9. The first-order valence-corrected chi connectivity index (χ1v) is 9.20. The minimum absolute atomic E-state index is 0.0454. The molecule has 1 aromatic carbocycles. The Morgan fingerprint density at radius 2 is 1.84 bits per heavy atom. The molecule has 0 aliphatic heterocycles. The van der Waals surface area contributed by atoms with E-state index < -0.39 is 19.9 Å². The Morgan fingerprint density at radius 3 is 2.37 bits per heavy atom. The molecular formula is C11H18N2O4S2. The van der Waals surface area contributed by atoms with Gasteiger partial charge in [-0.3, -0.25) is 0 Å². The predicted molar refractivity (Wildman–Crippen MR) is 75.1 cm³/mol. The van der Waals surface area contributed by atoms with Gasteiger partial charge < -0.3 is 5.73 Å². The first-order valence-electron chi connectivity index (χ1n) is 5.65. The van der Waals surface area contributed by atoms with Crippen molar-refractivity contribution in [3.8, 4) is 0 Å². The third-order valence-corrected chi connectivity index (χ3v) is 5.12. The number of anilines is 1. The standard InChI is InChI=1S/C11H18N2O4S2/c1-9-8-10(12)4-5-11(9)19(16,17)13-6-3-7-18(2,14)15/h4-5,8,13H,3,6-7,12H2,1-2H3. The van der Waals surface area contributed by atoms with Crippen molar-refractivity contribution >= 4 is 25.5 Å². The van der Waals surface area contributed by atoms with Gasteiger partial charge in [-0.1, -0.05) is 0 Å². The van der Waals surface area contributed by atoms with Crippen LogP contribution in [0.4, 0.5) is 5.69 Å². The van der Waals surface area contributed by atoms with Gasteiger partial charge in [-0.2, -0.15) is 0 Å². The normalized spacial score (nSPS) is 12.5. The molecule has 0 aromatic heterocycles. The van der Waals surface area contributed by atoms with E-state index in [1.54, 1.807) is 13.0 Å². The van der Waals surface area contributed by atoms with Crippen LogP contribution in [0.25, 0.3) is 0 Å². The Bertz CT molecular complexity index is 651. The maximum absolute atomic E-state index is 12.0. The lowest BCUT2D eigenvalue weighted by atomic mass is 10.2. The number of benzene rings is 1. The van der Waals surface area contributed by atoms with Crippen LogP contribution < -0.4 is 10.5 Å². The Labute approximate surface area is 114 Å². The van der Waals surface area contributed by atoms with Gasteiger partial charge in [0.15, 0.2) is 0 Å². The first kappa shape index (κ1) is 15.9. The summed E-state index contributed by atoms with van der Waals surface area (Å²) in [5, 5.41) is 0. The van der Waals surface area contributed by atoms with Crippen molar-refractivity contribution < 1.29 is 16.8 Å². The summed E-state index contributed by atoms with van der Waals surface area (Å²) in [4.78, 5) is 0.154. The van der Waals surface area contributed by atoms with E-state index in [0.29, 0.717) is 11.3 Å². The molecule has 6 nitrogen and oxygen atoms in total. The van der Waals surface area contributed by atoms with Gasteiger partial charge in [-0.05, 0) is 37.1 Å². The molecule has 0 radical (unpaired) electrons. The van der Waals surface area contributed by atoms with Crippen molar-refractivity contribution in [1.29, 1.82) is 0 Å². The molecule has 1 rings (SSSR count). The SMILES string of the molecule is Cc1cc(N)ccc1S(=O)(=O)NCCCS(C)(=O)=O.